The van der Waals surface area contributed by atoms with Gasteiger partial charge in [-0.05, 0) is 53.1 Å². The summed E-state index contributed by atoms with van der Waals surface area (Å²) in [5, 5.41) is 0. The Bertz CT molecular complexity index is 130. The Hall–Kier alpha value is 0.620. The summed E-state index contributed by atoms with van der Waals surface area (Å²) >= 11 is 0. The maximum Gasteiger partial charge on any atom is 0.00491 e. The highest BCUT2D eigenvalue weighted by Gasteiger charge is 1.97. The van der Waals surface area contributed by atoms with Crippen LogP contribution in [0.1, 0.15) is 41.5 Å². The van der Waals surface area contributed by atoms with E-state index in [9.17, 15) is 0 Å². The number of nitrogens with zero attached hydrogens (tertiary/aromatic N) is 2. The van der Waals surface area contributed by atoms with E-state index >= 15 is 0 Å². The molecule has 0 amide bonds. The van der Waals surface area contributed by atoms with Gasteiger partial charge < -0.3 is 9.80 Å². The van der Waals surface area contributed by atoms with Crippen LogP contribution < -0.4 is 0 Å². The summed E-state index contributed by atoms with van der Waals surface area (Å²) in [6, 6.07) is 0. The van der Waals surface area contributed by atoms with Crippen LogP contribution in [0.2, 0.25) is 0 Å². The van der Waals surface area contributed by atoms with Crippen LogP contribution in [-0.2, 0) is 0 Å². The lowest BCUT2D eigenvalue weighted by molar-refractivity contribution is 0.354. The maximum atomic E-state index is 2.38. The first-order valence-electron chi connectivity index (χ1n) is 6.32. The molecule has 0 aromatic carbocycles. The third-order valence-corrected chi connectivity index (χ3v) is 5.28. The van der Waals surface area contributed by atoms with Crippen molar-refractivity contribution in [1.29, 1.82) is 0 Å². The average molecular weight is 297 g/mol. The molecule has 0 saturated carbocycles. The molecule has 4 heteroatoms. The second-order valence-corrected chi connectivity index (χ2v) is 6.84. The third-order valence-electron chi connectivity index (χ3n) is 2.70. The SMILES string of the molecule is C.C.CCN(C)CCCSSCCCN(C)CC. The smallest absolute Gasteiger partial charge is 0.00491 e. The molecule has 0 aromatic rings. The highest BCUT2D eigenvalue weighted by atomic mass is 33.1. The Labute approximate surface area is 125 Å². The van der Waals surface area contributed by atoms with Crippen molar-refractivity contribution in [2.45, 2.75) is 41.5 Å². The van der Waals surface area contributed by atoms with Crippen LogP contribution >= 0.6 is 21.6 Å². The number of hydrogen-bond acceptors (Lipinski definition) is 4. The number of rotatable bonds is 11. The molecule has 0 heterocycles. The fraction of sp³-hybridized carbons (Fsp3) is 1.00. The van der Waals surface area contributed by atoms with Crippen LogP contribution in [0, 0.1) is 0 Å². The van der Waals surface area contributed by atoms with Gasteiger partial charge in [-0.3, -0.25) is 0 Å². The van der Waals surface area contributed by atoms with E-state index in [0.717, 1.165) is 0 Å². The molecule has 0 atom stereocenters. The van der Waals surface area contributed by atoms with E-state index in [4.69, 9.17) is 0 Å². The van der Waals surface area contributed by atoms with Crippen molar-refractivity contribution in [3.63, 3.8) is 0 Å². The molecule has 2 nitrogen and oxygen atoms in total. The van der Waals surface area contributed by atoms with E-state index in [1.807, 2.05) is 21.6 Å². The molecular weight excluding hydrogens is 260 g/mol. The van der Waals surface area contributed by atoms with E-state index in [2.05, 4.69) is 37.7 Å². The molecule has 0 unspecified atom stereocenters. The molecule has 0 N–H and O–H groups in total. The minimum absolute atomic E-state index is 0. The van der Waals surface area contributed by atoms with Crippen molar-refractivity contribution in [2.75, 3.05) is 51.8 Å². The summed E-state index contributed by atoms with van der Waals surface area (Å²) in [5.74, 6) is 2.58. The lowest BCUT2D eigenvalue weighted by atomic mass is 10.4. The molecule has 0 radical (unpaired) electrons. The molecule has 114 valence electrons. The summed E-state index contributed by atoms with van der Waals surface area (Å²) in [5.41, 5.74) is 0. The van der Waals surface area contributed by atoms with Gasteiger partial charge in [0.05, 0.1) is 0 Å². The molecule has 0 aliphatic heterocycles. The fourth-order valence-corrected chi connectivity index (χ4v) is 3.36. The molecule has 0 bridgehead atoms. The summed E-state index contributed by atoms with van der Waals surface area (Å²) in [6.45, 7) is 9.24. The molecule has 0 saturated heterocycles. The van der Waals surface area contributed by atoms with Crippen molar-refractivity contribution < 1.29 is 0 Å². The summed E-state index contributed by atoms with van der Waals surface area (Å²) in [7, 11) is 8.46. The summed E-state index contributed by atoms with van der Waals surface area (Å²) in [4.78, 5) is 4.75. The van der Waals surface area contributed by atoms with Crippen LogP contribution in [0.25, 0.3) is 0 Å². The third kappa shape index (κ3) is 16.6. The summed E-state index contributed by atoms with van der Waals surface area (Å²) in [6.07, 6.45) is 2.63. The minimum Gasteiger partial charge on any atom is -0.307 e. The monoisotopic (exact) mass is 296 g/mol. The van der Waals surface area contributed by atoms with E-state index < -0.39 is 0 Å². The van der Waals surface area contributed by atoms with E-state index in [1.54, 1.807) is 0 Å². The predicted octanol–water partition coefficient (Wildman–Crippen LogP) is 4.32. The van der Waals surface area contributed by atoms with E-state index in [0.29, 0.717) is 0 Å². The highest BCUT2D eigenvalue weighted by Crippen LogP contribution is 2.22. The van der Waals surface area contributed by atoms with Gasteiger partial charge in [-0.2, -0.15) is 0 Å². The van der Waals surface area contributed by atoms with Crippen LogP contribution in [0.5, 0.6) is 0 Å². The van der Waals surface area contributed by atoms with Gasteiger partial charge in [0, 0.05) is 11.5 Å². The summed E-state index contributed by atoms with van der Waals surface area (Å²) < 4.78 is 0. The first-order chi connectivity index (χ1) is 7.70. The zero-order valence-electron chi connectivity index (χ0n) is 11.4. The minimum atomic E-state index is 0. The topological polar surface area (TPSA) is 6.48 Å². The van der Waals surface area contributed by atoms with Crippen LogP contribution in [-0.4, -0.2) is 61.6 Å². The number of hydrogen-bond donors (Lipinski definition) is 0. The van der Waals surface area contributed by atoms with E-state index in [1.165, 1.54) is 50.5 Å². The average Bonchev–Trinajstić information content (AvgIpc) is 2.31. The quantitative estimate of drug-likeness (QED) is 0.413. The normalized spacial score (nSPS) is 10.3. The van der Waals surface area contributed by atoms with Gasteiger partial charge in [0.2, 0.25) is 0 Å². The van der Waals surface area contributed by atoms with Crippen molar-refractivity contribution >= 4 is 21.6 Å². The molecule has 0 aliphatic carbocycles. The maximum absolute atomic E-state index is 2.38. The van der Waals surface area contributed by atoms with Crippen LogP contribution in [0.3, 0.4) is 0 Å². The van der Waals surface area contributed by atoms with Gasteiger partial charge in [0.1, 0.15) is 0 Å². The largest absolute Gasteiger partial charge is 0.307 e. The standard InChI is InChI=1S/C12H28N2S2.2CH4/c1-5-13(3)9-7-11-15-16-12-8-10-14(4)6-2;;/h5-12H2,1-4H3;2*1H4. The molecule has 0 aromatic heterocycles. The van der Waals surface area contributed by atoms with Gasteiger partial charge in [-0.1, -0.05) is 50.3 Å². The molecule has 0 rings (SSSR count). The van der Waals surface area contributed by atoms with Gasteiger partial charge in [-0.25, -0.2) is 0 Å². The molecular formula is C14H36N2S2. The first-order valence-corrected chi connectivity index (χ1v) is 8.81. The van der Waals surface area contributed by atoms with Crippen LogP contribution in [0.15, 0.2) is 0 Å². The lowest BCUT2D eigenvalue weighted by Crippen LogP contribution is -2.19. The highest BCUT2D eigenvalue weighted by molar-refractivity contribution is 8.76. The Morgan fingerprint density at radius 2 is 1.06 bits per heavy atom. The Morgan fingerprint density at radius 1 is 0.722 bits per heavy atom. The van der Waals surface area contributed by atoms with Crippen molar-refractivity contribution in [3.05, 3.63) is 0 Å². The van der Waals surface area contributed by atoms with E-state index in [-0.39, 0.29) is 14.9 Å². The second-order valence-electron chi connectivity index (χ2n) is 4.14. The molecule has 0 spiro atoms. The first kappa shape index (κ1) is 23.7. The van der Waals surface area contributed by atoms with Gasteiger partial charge in [-0.15, -0.1) is 0 Å². The second kappa shape index (κ2) is 17.6. The van der Waals surface area contributed by atoms with Gasteiger partial charge in [0.15, 0.2) is 0 Å². The fourth-order valence-electron chi connectivity index (χ4n) is 1.22. The Morgan fingerprint density at radius 3 is 1.33 bits per heavy atom. The van der Waals surface area contributed by atoms with Crippen molar-refractivity contribution in [3.8, 4) is 0 Å². The van der Waals surface area contributed by atoms with Gasteiger partial charge >= 0.3 is 0 Å². The lowest BCUT2D eigenvalue weighted by Gasteiger charge is -2.13. The Balaban J connectivity index is -0.00000112. The van der Waals surface area contributed by atoms with Crippen LogP contribution in [0.4, 0.5) is 0 Å². The van der Waals surface area contributed by atoms with Crippen molar-refractivity contribution in [2.24, 2.45) is 0 Å². The molecule has 0 aliphatic rings. The Kier molecular flexibility index (Phi) is 23.2. The zero-order valence-corrected chi connectivity index (χ0v) is 13.0. The van der Waals surface area contributed by atoms with Crippen molar-refractivity contribution in [1.82, 2.24) is 9.80 Å². The van der Waals surface area contributed by atoms with Gasteiger partial charge in [0.25, 0.3) is 0 Å². The predicted molar refractivity (Wildman–Crippen MR) is 94.0 cm³/mol. The molecule has 18 heavy (non-hydrogen) atoms. The zero-order chi connectivity index (χ0) is 12.2. The molecule has 0 fully saturated rings.